The highest BCUT2D eigenvalue weighted by Crippen LogP contribution is 2.35. The molecule has 0 fully saturated rings. The Kier molecular flexibility index (Phi) is 4.73. The van der Waals surface area contributed by atoms with Crippen molar-refractivity contribution in [1.82, 2.24) is 0 Å². The first kappa shape index (κ1) is 18.6. The van der Waals surface area contributed by atoms with Gasteiger partial charge in [-0.25, -0.2) is 0 Å². The van der Waals surface area contributed by atoms with Crippen LogP contribution in [-0.4, -0.2) is 15.3 Å². The van der Waals surface area contributed by atoms with Crippen molar-refractivity contribution < 1.29 is 15.3 Å². The first-order valence-corrected chi connectivity index (χ1v) is 9.45. The molecule has 0 aromatic heterocycles. The Morgan fingerprint density at radius 2 is 0.793 bits per heavy atom. The molecular formula is C26H22O3. The Morgan fingerprint density at radius 3 is 1.21 bits per heavy atom. The van der Waals surface area contributed by atoms with Crippen LogP contribution in [0.15, 0.2) is 78.9 Å². The van der Waals surface area contributed by atoms with Crippen LogP contribution < -0.4 is 0 Å². The van der Waals surface area contributed by atoms with E-state index in [2.05, 4.69) is 18.2 Å². The van der Waals surface area contributed by atoms with Gasteiger partial charge in [0.15, 0.2) is 0 Å². The van der Waals surface area contributed by atoms with Gasteiger partial charge in [0.05, 0.1) is 0 Å². The van der Waals surface area contributed by atoms with Gasteiger partial charge in [0.1, 0.15) is 17.2 Å². The summed E-state index contributed by atoms with van der Waals surface area (Å²) in [6.07, 6.45) is 0. The minimum absolute atomic E-state index is 0.230. The SMILES string of the molecule is Cc1cc(-c2cc(-c3ccc(O)cc3)cc(-c3ccc(O)c(C)c3)c2)ccc1O. The van der Waals surface area contributed by atoms with Crippen molar-refractivity contribution in [3.05, 3.63) is 90.0 Å². The summed E-state index contributed by atoms with van der Waals surface area (Å²) < 4.78 is 0. The average molecular weight is 382 g/mol. The third kappa shape index (κ3) is 3.81. The summed E-state index contributed by atoms with van der Waals surface area (Å²) in [7, 11) is 0. The van der Waals surface area contributed by atoms with Crippen LogP contribution in [0.2, 0.25) is 0 Å². The van der Waals surface area contributed by atoms with Gasteiger partial charge in [-0.05, 0) is 113 Å². The maximum absolute atomic E-state index is 9.89. The monoisotopic (exact) mass is 382 g/mol. The van der Waals surface area contributed by atoms with E-state index in [9.17, 15) is 15.3 Å². The Balaban J connectivity index is 1.92. The molecular weight excluding hydrogens is 360 g/mol. The van der Waals surface area contributed by atoms with Gasteiger partial charge in [0.2, 0.25) is 0 Å². The molecule has 0 spiro atoms. The van der Waals surface area contributed by atoms with Crippen LogP contribution in [-0.2, 0) is 0 Å². The average Bonchev–Trinajstić information content (AvgIpc) is 2.72. The highest BCUT2D eigenvalue weighted by molar-refractivity contribution is 5.82. The third-order valence-electron chi connectivity index (χ3n) is 5.19. The first-order valence-electron chi connectivity index (χ1n) is 9.45. The van der Waals surface area contributed by atoms with E-state index in [1.54, 1.807) is 24.3 Å². The standard InChI is InChI=1S/C26H22O3/c1-16-11-19(5-9-25(16)28)22-13-21(18-3-7-24(27)8-4-18)14-23(15-22)20-6-10-26(29)17(2)12-20/h3-15,27-29H,1-2H3. The van der Waals surface area contributed by atoms with E-state index in [0.29, 0.717) is 0 Å². The second-order valence-electron chi connectivity index (χ2n) is 7.35. The molecule has 0 bridgehead atoms. The highest BCUT2D eigenvalue weighted by Gasteiger charge is 2.10. The summed E-state index contributed by atoms with van der Waals surface area (Å²) in [4.78, 5) is 0. The summed E-state index contributed by atoms with van der Waals surface area (Å²) in [5.41, 5.74) is 7.74. The predicted octanol–water partition coefficient (Wildman–Crippen LogP) is 6.42. The molecule has 0 atom stereocenters. The zero-order valence-electron chi connectivity index (χ0n) is 16.3. The van der Waals surface area contributed by atoms with Crippen molar-refractivity contribution in [3.8, 4) is 50.6 Å². The van der Waals surface area contributed by atoms with Gasteiger partial charge < -0.3 is 15.3 Å². The zero-order valence-corrected chi connectivity index (χ0v) is 16.3. The summed E-state index contributed by atoms with van der Waals surface area (Å²) in [5, 5.41) is 29.4. The van der Waals surface area contributed by atoms with Crippen LogP contribution in [0.5, 0.6) is 17.2 Å². The van der Waals surface area contributed by atoms with E-state index < -0.39 is 0 Å². The number of rotatable bonds is 3. The summed E-state index contributed by atoms with van der Waals surface area (Å²) >= 11 is 0. The van der Waals surface area contributed by atoms with E-state index >= 15 is 0 Å². The van der Waals surface area contributed by atoms with Crippen molar-refractivity contribution in [3.63, 3.8) is 0 Å². The Bertz CT molecular complexity index is 1120. The van der Waals surface area contributed by atoms with Gasteiger partial charge in [-0.2, -0.15) is 0 Å². The van der Waals surface area contributed by atoms with E-state index in [1.807, 2.05) is 50.2 Å². The highest BCUT2D eigenvalue weighted by atomic mass is 16.3. The van der Waals surface area contributed by atoms with Crippen molar-refractivity contribution in [2.75, 3.05) is 0 Å². The molecule has 0 amide bonds. The molecule has 0 saturated heterocycles. The molecule has 3 heteroatoms. The van der Waals surface area contributed by atoms with Gasteiger partial charge >= 0.3 is 0 Å². The quantitative estimate of drug-likeness (QED) is 0.383. The summed E-state index contributed by atoms with van der Waals surface area (Å²) in [6.45, 7) is 3.76. The fourth-order valence-corrected chi connectivity index (χ4v) is 3.45. The molecule has 0 aliphatic heterocycles. The number of benzene rings is 4. The Hall–Kier alpha value is -3.72. The van der Waals surface area contributed by atoms with Crippen molar-refractivity contribution in [2.45, 2.75) is 13.8 Å². The van der Waals surface area contributed by atoms with Crippen LogP contribution in [0, 0.1) is 13.8 Å². The smallest absolute Gasteiger partial charge is 0.118 e. The molecule has 0 saturated carbocycles. The molecule has 3 N–H and O–H groups in total. The molecule has 0 unspecified atom stereocenters. The number of phenols is 3. The van der Waals surface area contributed by atoms with Crippen LogP contribution in [0.25, 0.3) is 33.4 Å². The van der Waals surface area contributed by atoms with Gasteiger partial charge in [0, 0.05) is 0 Å². The van der Waals surface area contributed by atoms with Crippen LogP contribution >= 0.6 is 0 Å². The summed E-state index contributed by atoms with van der Waals surface area (Å²) in [5.74, 6) is 0.782. The lowest BCUT2D eigenvalue weighted by atomic mass is 9.92. The largest absolute Gasteiger partial charge is 0.508 e. The van der Waals surface area contributed by atoms with Crippen LogP contribution in [0.4, 0.5) is 0 Å². The molecule has 4 rings (SSSR count). The number of hydrogen-bond donors (Lipinski definition) is 3. The minimum atomic E-state index is 0.230. The van der Waals surface area contributed by atoms with E-state index in [0.717, 1.165) is 44.5 Å². The van der Waals surface area contributed by atoms with E-state index in [4.69, 9.17) is 0 Å². The van der Waals surface area contributed by atoms with Crippen LogP contribution in [0.1, 0.15) is 11.1 Å². The maximum atomic E-state index is 9.89. The second kappa shape index (κ2) is 7.36. The molecule has 0 aliphatic rings. The Labute approximate surface area is 170 Å². The van der Waals surface area contributed by atoms with Gasteiger partial charge in [-0.1, -0.05) is 24.3 Å². The van der Waals surface area contributed by atoms with Crippen LogP contribution in [0.3, 0.4) is 0 Å². The van der Waals surface area contributed by atoms with E-state index in [1.165, 1.54) is 0 Å². The van der Waals surface area contributed by atoms with Gasteiger partial charge in [-0.15, -0.1) is 0 Å². The number of phenolic OH excluding ortho intramolecular Hbond substituents is 3. The van der Waals surface area contributed by atoms with Gasteiger partial charge in [-0.3, -0.25) is 0 Å². The molecule has 29 heavy (non-hydrogen) atoms. The zero-order chi connectivity index (χ0) is 20.5. The predicted molar refractivity (Wildman–Crippen MR) is 117 cm³/mol. The van der Waals surface area contributed by atoms with Gasteiger partial charge in [0.25, 0.3) is 0 Å². The second-order valence-corrected chi connectivity index (χ2v) is 7.35. The lowest BCUT2D eigenvalue weighted by Crippen LogP contribution is -1.88. The number of hydrogen-bond acceptors (Lipinski definition) is 3. The fourth-order valence-electron chi connectivity index (χ4n) is 3.45. The molecule has 0 radical (unpaired) electrons. The maximum Gasteiger partial charge on any atom is 0.118 e. The third-order valence-corrected chi connectivity index (χ3v) is 5.19. The first-order chi connectivity index (χ1) is 13.9. The Morgan fingerprint density at radius 1 is 0.414 bits per heavy atom. The molecule has 144 valence electrons. The number of aromatic hydroxyl groups is 3. The topological polar surface area (TPSA) is 60.7 Å². The molecule has 4 aromatic rings. The summed E-state index contributed by atoms with van der Waals surface area (Å²) in [6, 6.07) is 24.6. The molecule has 3 nitrogen and oxygen atoms in total. The van der Waals surface area contributed by atoms with Crippen molar-refractivity contribution >= 4 is 0 Å². The lowest BCUT2D eigenvalue weighted by molar-refractivity contribution is 0.471. The fraction of sp³-hybridized carbons (Fsp3) is 0.0769. The normalized spacial score (nSPS) is 10.8. The molecule has 4 aromatic carbocycles. The van der Waals surface area contributed by atoms with Crippen molar-refractivity contribution in [1.29, 1.82) is 0 Å². The minimum Gasteiger partial charge on any atom is -0.508 e. The lowest BCUT2D eigenvalue weighted by Gasteiger charge is -2.13. The van der Waals surface area contributed by atoms with E-state index in [-0.39, 0.29) is 17.2 Å². The molecule has 0 aliphatic carbocycles. The molecule has 0 heterocycles. The van der Waals surface area contributed by atoms with Crippen molar-refractivity contribution in [2.24, 2.45) is 0 Å². The number of aryl methyl sites for hydroxylation is 2.